The van der Waals surface area contributed by atoms with Crippen molar-refractivity contribution < 1.29 is 9.53 Å². The number of nitrogens with zero attached hydrogens (tertiary/aromatic N) is 1. The average Bonchev–Trinajstić information content (AvgIpc) is 2.39. The third-order valence-electron chi connectivity index (χ3n) is 2.76. The zero-order valence-corrected chi connectivity index (χ0v) is 13.7. The number of esters is 1. The van der Waals surface area contributed by atoms with Gasteiger partial charge in [-0.15, -0.1) is 11.8 Å². The molecule has 0 saturated heterocycles. The topological polar surface area (TPSA) is 29.5 Å². The lowest BCUT2D eigenvalue weighted by Gasteiger charge is -2.13. The van der Waals surface area contributed by atoms with Crippen LogP contribution < -0.4 is 4.90 Å². The molecule has 0 radical (unpaired) electrons. The Hall–Kier alpha value is -1.42. The Labute approximate surface area is 126 Å². The molecule has 0 amide bonds. The summed E-state index contributed by atoms with van der Waals surface area (Å²) < 4.78 is 4.97. The normalized spacial score (nSPS) is 12.9. The first-order valence-corrected chi connectivity index (χ1v) is 7.61. The van der Waals surface area contributed by atoms with E-state index >= 15 is 0 Å². The second-order valence-corrected chi connectivity index (χ2v) is 6.23. The van der Waals surface area contributed by atoms with Gasteiger partial charge in [-0.3, -0.25) is 0 Å². The van der Waals surface area contributed by atoms with Crippen LogP contribution in [0, 0.1) is 0 Å². The molecule has 1 aromatic carbocycles. The SMILES string of the molecule is CCOC(=O)/C(C)=C/C(C)Sc1ccc(N(C)C)cc1. The van der Waals surface area contributed by atoms with Crippen LogP contribution in [-0.4, -0.2) is 31.9 Å². The van der Waals surface area contributed by atoms with Crippen molar-refractivity contribution in [1.82, 2.24) is 0 Å². The van der Waals surface area contributed by atoms with Crippen LogP contribution in [0.25, 0.3) is 0 Å². The number of anilines is 1. The molecule has 4 heteroatoms. The van der Waals surface area contributed by atoms with Crippen LogP contribution >= 0.6 is 11.8 Å². The molecule has 1 unspecified atom stereocenters. The van der Waals surface area contributed by atoms with Crippen LogP contribution in [-0.2, 0) is 9.53 Å². The molecule has 110 valence electrons. The molecule has 3 nitrogen and oxygen atoms in total. The second-order valence-electron chi connectivity index (χ2n) is 4.78. The molecule has 0 N–H and O–H groups in total. The maximum atomic E-state index is 11.5. The van der Waals surface area contributed by atoms with Gasteiger partial charge in [0.15, 0.2) is 0 Å². The summed E-state index contributed by atoms with van der Waals surface area (Å²) in [5.74, 6) is -0.233. The molecular weight excluding hydrogens is 270 g/mol. The minimum Gasteiger partial charge on any atom is -0.463 e. The van der Waals surface area contributed by atoms with Crippen molar-refractivity contribution in [3.8, 4) is 0 Å². The summed E-state index contributed by atoms with van der Waals surface area (Å²) in [7, 11) is 4.05. The molecule has 0 heterocycles. The summed E-state index contributed by atoms with van der Waals surface area (Å²) in [5.41, 5.74) is 1.84. The lowest BCUT2D eigenvalue weighted by atomic mass is 10.2. The smallest absolute Gasteiger partial charge is 0.333 e. The monoisotopic (exact) mass is 293 g/mol. The van der Waals surface area contributed by atoms with Gasteiger partial charge < -0.3 is 9.64 Å². The molecule has 0 saturated carbocycles. The second kappa shape index (κ2) is 8.00. The highest BCUT2D eigenvalue weighted by molar-refractivity contribution is 8.00. The van der Waals surface area contributed by atoms with Crippen molar-refractivity contribution in [1.29, 1.82) is 0 Å². The lowest BCUT2D eigenvalue weighted by Crippen LogP contribution is -2.08. The molecule has 1 rings (SSSR count). The molecule has 0 fully saturated rings. The van der Waals surface area contributed by atoms with Gasteiger partial charge >= 0.3 is 5.97 Å². The summed E-state index contributed by atoms with van der Waals surface area (Å²) in [6.07, 6.45) is 1.95. The largest absolute Gasteiger partial charge is 0.463 e. The van der Waals surface area contributed by atoms with E-state index in [4.69, 9.17) is 4.74 Å². The molecule has 1 aromatic rings. The summed E-state index contributed by atoms with van der Waals surface area (Å²) >= 11 is 1.73. The predicted molar refractivity (Wildman–Crippen MR) is 86.5 cm³/mol. The molecule has 0 aliphatic rings. The Morgan fingerprint density at radius 1 is 1.35 bits per heavy atom. The van der Waals surface area contributed by atoms with Crippen LogP contribution in [0.15, 0.2) is 40.8 Å². The van der Waals surface area contributed by atoms with Gasteiger partial charge in [-0.25, -0.2) is 4.79 Å². The zero-order chi connectivity index (χ0) is 15.1. The number of benzene rings is 1. The number of hydrogen-bond donors (Lipinski definition) is 0. The highest BCUT2D eigenvalue weighted by Crippen LogP contribution is 2.26. The first-order valence-electron chi connectivity index (χ1n) is 6.73. The fourth-order valence-corrected chi connectivity index (χ4v) is 2.73. The van der Waals surface area contributed by atoms with E-state index in [2.05, 4.69) is 36.1 Å². The molecule has 0 spiro atoms. The fraction of sp³-hybridized carbons (Fsp3) is 0.438. The van der Waals surface area contributed by atoms with Crippen molar-refractivity contribution in [2.75, 3.05) is 25.6 Å². The highest BCUT2D eigenvalue weighted by Gasteiger charge is 2.08. The van der Waals surface area contributed by atoms with E-state index in [1.807, 2.05) is 27.1 Å². The number of ether oxygens (including phenoxy) is 1. The van der Waals surface area contributed by atoms with Crippen molar-refractivity contribution in [2.45, 2.75) is 30.9 Å². The van der Waals surface area contributed by atoms with Crippen molar-refractivity contribution in [3.05, 3.63) is 35.9 Å². The maximum absolute atomic E-state index is 11.5. The van der Waals surface area contributed by atoms with Crippen LogP contribution in [0.1, 0.15) is 20.8 Å². The highest BCUT2D eigenvalue weighted by atomic mass is 32.2. The summed E-state index contributed by atoms with van der Waals surface area (Å²) in [4.78, 5) is 14.8. The van der Waals surface area contributed by atoms with E-state index < -0.39 is 0 Å². The molecule has 0 aromatic heterocycles. The summed E-state index contributed by atoms with van der Waals surface area (Å²) in [5, 5.41) is 0.226. The van der Waals surface area contributed by atoms with Gasteiger partial charge in [-0.05, 0) is 45.0 Å². The van der Waals surface area contributed by atoms with Crippen molar-refractivity contribution in [2.24, 2.45) is 0 Å². The van der Waals surface area contributed by atoms with Gasteiger partial charge in [0.05, 0.1) is 6.61 Å². The quantitative estimate of drug-likeness (QED) is 0.454. The van der Waals surface area contributed by atoms with Gasteiger partial charge in [0.1, 0.15) is 0 Å². The molecule has 0 aliphatic heterocycles. The molecule has 20 heavy (non-hydrogen) atoms. The Bertz CT molecular complexity index is 466. The Kier molecular flexibility index (Phi) is 6.65. The fourth-order valence-electron chi connectivity index (χ4n) is 1.74. The first kappa shape index (κ1) is 16.6. The Balaban J connectivity index is 2.63. The molecule has 0 bridgehead atoms. The van der Waals surface area contributed by atoms with Gasteiger partial charge in [0, 0.05) is 35.5 Å². The molecular formula is C16H23NO2S. The maximum Gasteiger partial charge on any atom is 0.333 e. The van der Waals surface area contributed by atoms with E-state index in [0.29, 0.717) is 12.2 Å². The van der Waals surface area contributed by atoms with E-state index in [1.54, 1.807) is 18.7 Å². The lowest BCUT2D eigenvalue weighted by molar-refractivity contribution is -0.138. The summed E-state index contributed by atoms with van der Waals surface area (Å²) in [6.45, 7) is 6.10. The predicted octanol–water partition coefficient (Wildman–Crippen LogP) is 3.74. The van der Waals surface area contributed by atoms with Gasteiger partial charge in [0.25, 0.3) is 0 Å². The molecule has 0 aliphatic carbocycles. The van der Waals surface area contributed by atoms with Crippen LogP contribution in [0.5, 0.6) is 0 Å². The van der Waals surface area contributed by atoms with E-state index in [-0.39, 0.29) is 11.2 Å². The van der Waals surface area contributed by atoms with Crippen LogP contribution in [0.4, 0.5) is 5.69 Å². The third-order valence-corrected chi connectivity index (χ3v) is 3.81. The summed E-state index contributed by atoms with van der Waals surface area (Å²) in [6, 6.07) is 8.39. The third kappa shape index (κ3) is 5.29. The number of rotatable bonds is 6. The Morgan fingerprint density at radius 3 is 2.45 bits per heavy atom. The standard InChI is InChI=1S/C16H23NO2S/c1-6-19-16(18)12(2)11-13(3)20-15-9-7-14(8-10-15)17(4)5/h7-11,13H,6H2,1-5H3/b12-11+. The Morgan fingerprint density at radius 2 is 1.95 bits per heavy atom. The minimum absolute atomic E-state index is 0.226. The van der Waals surface area contributed by atoms with Crippen molar-refractivity contribution in [3.63, 3.8) is 0 Å². The molecule has 1 atom stereocenters. The average molecular weight is 293 g/mol. The number of carbonyl (C=O) groups is 1. The number of thioether (sulfide) groups is 1. The number of carbonyl (C=O) groups excluding carboxylic acids is 1. The van der Waals surface area contributed by atoms with E-state index in [9.17, 15) is 4.79 Å². The minimum atomic E-state index is -0.233. The van der Waals surface area contributed by atoms with E-state index in [1.165, 1.54) is 10.6 Å². The zero-order valence-electron chi connectivity index (χ0n) is 12.8. The number of hydrogen-bond acceptors (Lipinski definition) is 4. The first-order chi connectivity index (χ1) is 9.43. The van der Waals surface area contributed by atoms with Crippen LogP contribution in [0.2, 0.25) is 0 Å². The van der Waals surface area contributed by atoms with Crippen molar-refractivity contribution >= 4 is 23.4 Å². The van der Waals surface area contributed by atoms with Crippen LogP contribution in [0.3, 0.4) is 0 Å². The van der Waals surface area contributed by atoms with Gasteiger partial charge in [-0.2, -0.15) is 0 Å². The van der Waals surface area contributed by atoms with Gasteiger partial charge in [0.2, 0.25) is 0 Å². The van der Waals surface area contributed by atoms with Gasteiger partial charge in [-0.1, -0.05) is 6.08 Å². The van der Waals surface area contributed by atoms with E-state index in [0.717, 1.165) is 0 Å².